The summed E-state index contributed by atoms with van der Waals surface area (Å²) in [6.45, 7) is 8.15. The van der Waals surface area contributed by atoms with Gasteiger partial charge in [-0.05, 0) is 33.3 Å². The van der Waals surface area contributed by atoms with Crippen molar-refractivity contribution in [3.05, 3.63) is 51.4 Å². The molecule has 1 aromatic carbocycles. The van der Waals surface area contributed by atoms with Crippen molar-refractivity contribution in [3.63, 3.8) is 0 Å². The van der Waals surface area contributed by atoms with E-state index in [4.69, 9.17) is 21.5 Å². The maximum absolute atomic E-state index is 8.58. The molecular formula is C19H23N5S. The fourth-order valence-electron chi connectivity index (χ4n) is 3.01. The number of thiophene rings is 1. The Morgan fingerprint density at radius 3 is 2.44 bits per heavy atom. The molecule has 0 bridgehead atoms. The Morgan fingerprint density at radius 2 is 1.88 bits per heavy atom. The number of anilines is 1. The van der Waals surface area contributed by atoms with Gasteiger partial charge < -0.3 is 5.73 Å². The second-order valence-electron chi connectivity index (χ2n) is 6.36. The lowest BCUT2D eigenvalue weighted by molar-refractivity contribution is 0.850. The van der Waals surface area contributed by atoms with Gasteiger partial charge in [0.05, 0.1) is 5.71 Å². The Hall–Kier alpha value is -2.31. The van der Waals surface area contributed by atoms with Crippen LogP contribution in [0.4, 0.5) is 5.00 Å². The van der Waals surface area contributed by atoms with Crippen LogP contribution in [0.3, 0.4) is 0 Å². The van der Waals surface area contributed by atoms with E-state index < -0.39 is 6.04 Å². The van der Waals surface area contributed by atoms with Crippen LogP contribution in [0.1, 0.15) is 34.1 Å². The highest BCUT2D eigenvalue weighted by molar-refractivity contribution is 7.17. The Morgan fingerprint density at radius 1 is 1.24 bits per heavy atom. The number of aliphatic imine (C=N–C) groups is 1. The fourth-order valence-corrected chi connectivity index (χ4v) is 4.24. The van der Waals surface area contributed by atoms with E-state index in [2.05, 4.69) is 45.0 Å². The maximum atomic E-state index is 8.58. The van der Waals surface area contributed by atoms with Gasteiger partial charge in [0.25, 0.3) is 0 Å². The number of benzene rings is 1. The fraction of sp³-hybridized carbons (Fsp3) is 0.316. The van der Waals surface area contributed by atoms with Crippen LogP contribution in [0.2, 0.25) is 0 Å². The Labute approximate surface area is 152 Å². The summed E-state index contributed by atoms with van der Waals surface area (Å²) in [4.78, 5) is 7.72. The second-order valence-corrected chi connectivity index (χ2v) is 7.57. The van der Waals surface area contributed by atoms with E-state index >= 15 is 0 Å². The van der Waals surface area contributed by atoms with Crippen LogP contribution in [0.5, 0.6) is 0 Å². The SMILES string of the molecule is CC(=N)N1C(=N)C(CN)N=C(c2ccc(C)cc2)c2c1sc(C)c2C. The van der Waals surface area contributed by atoms with Crippen LogP contribution in [-0.4, -0.2) is 30.0 Å². The lowest BCUT2D eigenvalue weighted by Crippen LogP contribution is -2.42. The third-order valence-electron chi connectivity index (χ3n) is 4.53. The number of aryl methyl sites for hydroxylation is 2. The van der Waals surface area contributed by atoms with E-state index in [1.54, 1.807) is 23.2 Å². The van der Waals surface area contributed by atoms with Crippen molar-refractivity contribution in [1.29, 1.82) is 10.8 Å². The first-order valence-electron chi connectivity index (χ1n) is 8.24. The van der Waals surface area contributed by atoms with E-state index in [1.165, 1.54) is 10.4 Å². The van der Waals surface area contributed by atoms with Gasteiger partial charge in [0.1, 0.15) is 22.7 Å². The lowest BCUT2D eigenvalue weighted by atomic mass is 9.99. The molecule has 1 aromatic heterocycles. The molecule has 0 fully saturated rings. The molecule has 0 saturated carbocycles. The summed E-state index contributed by atoms with van der Waals surface area (Å²) < 4.78 is 0. The average molecular weight is 353 g/mol. The number of hydrogen-bond donors (Lipinski definition) is 3. The van der Waals surface area contributed by atoms with E-state index in [1.807, 2.05) is 0 Å². The predicted octanol–water partition coefficient (Wildman–Crippen LogP) is 3.63. The number of hydrogen-bond acceptors (Lipinski definition) is 5. The van der Waals surface area contributed by atoms with Crippen molar-refractivity contribution in [2.75, 3.05) is 11.4 Å². The molecule has 130 valence electrons. The highest BCUT2D eigenvalue weighted by Gasteiger charge is 2.33. The van der Waals surface area contributed by atoms with Crippen molar-refractivity contribution in [3.8, 4) is 0 Å². The third kappa shape index (κ3) is 2.92. The Bertz CT molecular complexity index is 876. The maximum Gasteiger partial charge on any atom is 0.133 e. The molecule has 4 N–H and O–H groups in total. The summed E-state index contributed by atoms with van der Waals surface area (Å²) in [5, 5.41) is 17.7. The molecule has 2 heterocycles. The molecule has 2 aromatic rings. The van der Waals surface area contributed by atoms with Gasteiger partial charge >= 0.3 is 0 Å². The molecule has 0 radical (unpaired) electrons. The van der Waals surface area contributed by atoms with Crippen molar-refractivity contribution >= 4 is 33.7 Å². The number of nitrogens with zero attached hydrogens (tertiary/aromatic N) is 2. The molecule has 25 heavy (non-hydrogen) atoms. The zero-order valence-electron chi connectivity index (χ0n) is 15.0. The van der Waals surface area contributed by atoms with Crippen LogP contribution >= 0.6 is 11.3 Å². The largest absolute Gasteiger partial charge is 0.328 e. The Balaban J connectivity index is 2.32. The molecule has 6 heteroatoms. The van der Waals surface area contributed by atoms with Gasteiger partial charge in [-0.25, -0.2) is 0 Å². The van der Waals surface area contributed by atoms with E-state index in [0.717, 1.165) is 27.4 Å². The number of fused-ring (bicyclic) bond motifs is 1. The van der Waals surface area contributed by atoms with Crippen LogP contribution in [-0.2, 0) is 0 Å². The number of nitrogens with two attached hydrogens (primary N) is 1. The van der Waals surface area contributed by atoms with Crippen LogP contribution in [0.25, 0.3) is 0 Å². The summed E-state index contributed by atoms with van der Waals surface area (Å²) in [5.41, 5.74) is 11.2. The minimum Gasteiger partial charge on any atom is -0.328 e. The van der Waals surface area contributed by atoms with Gasteiger partial charge in [0.2, 0.25) is 0 Å². The lowest BCUT2D eigenvalue weighted by Gasteiger charge is -2.24. The van der Waals surface area contributed by atoms with E-state index in [9.17, 15) is 0 Å². The quantitative estimate of drug-likeness (QED) is 0.568. The molecule has 1 unspecified atom stereocenters. The highest BCUT2D eigenvalue weighted by atomic mass is 32.1. The number of amidine groups is 2. The summed E-state index contributed by atoms with van der Waals surface area (Å²) in [6.07, 6.45) is 0. The molecule has 1 atom stereocenters. The summed E-state index contributed by atoms with van der Waals surface area (Å²) >= 11 is 1.61. The first-order valence-corrected chi connectivity index (χ1v) is 9.05. The molecule has 1 aliphatic heterocycles. The minimum atomic E-state index is -0.462. The van der Waals surface area contributed by atoms with Crippen molar-refractivity contribution in [2.24, 2.45) is 10.7 Å². The zero-order chi connectivity index (χ0) is 18.3. The summed E-state index contributed by atoms with van der Waals surface area (Å²) in [6, 6.07) is 7.80. The number of nitrogens with one attached hydrogen (secondary N) is 2. The van der Waals surface area contributed by atoms with E-state index in [0.29, 0.717) is 5.84 Å². The molecule has 0 saturated heterocycles. The van der Waals surface area contributed by atoms with Crippen LogP contribution in [0, 0.1) is 31.6 Å². The molecule has 0 spiro atoms. The normalized spacial score (nSPS) is 17.2. The van der Waals surface area contributed by atoms with Gasteiger partial charge in [-0.1, -0.05) is 29.8 Å². The Kier molecular flexibility index (Phi) is 4.58. The van der Waals surface area contributed by atoms with Gasteiger partial charge in [0.15, 0.2) is 0 Å². The van der Waals surface area contributed by atoms with E-state index in [-0.39, 0.29) is 12.4 Å². The minimum absolute atomic E-state index is 0.241. The summed E-state index contributed by atoms with van der Waals surface area (Å²) in [5.74, 6) is 0.575. The molecule has 3 rings (SSSR count). The van der Waals surface area contributed by atoms with Gasteiger partial charge in [-0.3, -0.25) is 20.7 Å². The van der Waals surface area contributed by atoms with Crippen LogP contribution in [0.15, 0.2) is 29.3 Å². The monoisotopic (exact) mass is 353 g/mol. The first kappa shape index (κ1) is 17.5. The highest BCUT2D eigenvalue weighted by Crippen LogP contribution is 2.39. The average Bonchev–Trinajstić information content (AvgIpc) is 2.77. The molecule has 0 aliphatic carbocycles. The van der Waals surface area contributed by atoms with Crippen LogP contribution < -0.4 is 10.6 Å². The molecule has 0 amide bonds. The second kappa shape index (κ2) is 6.54. The zero-order valence-corrected chi connectivity index (χ0v) is 15.8. The van der Waals surface area contributed by atoms with Crippen molar-refractivity contribution in [1.82, 2.24) is 0 Å². The first-order chi connectivity index (χ1) is 11.8. The van der Waals surface area contributed by atoms with Gasteiger partial charge in [-0.2, -0.15) is 0 Å². The molecule has 1 aliphatic rings. The predicted molar refractivity (Wildman–Crippen MR) is 107 cm³/mol. The smallest absolute Gasteiger partial charge is 0.133 e. The van der Waals surface area contributed by atoms with Crippen molar-refractivity contribution in [2.45, 2.75) is 33.7 Å². The number of rotatable bonds is 2. The standard InChI is InChI=1S/C19H23N5S/c1-10-5-7-14(8-6-10)17-16-11(2)12(3)25-19(16)24(13(4)21)18(22)15(9-20)23-17/h5-8,15,21-22H,9,20H2,1-4H3. The van der Waals surface area contributed by atoms with Crippen molar-refractivity contribution < 1.29 is 0 Å². The topological polar surface area (TPSA) is 89.3 Å². The molecular weight excluding hydrogens is 330 g/mol. The summed E-state index contributed by atoms with van der Waals surface area (Å²) in [7, 11) is 0. The molecule has 5 nitrogen and oxygen atoms in total. The third-order valence-corrected chi connectivity index (χ3v) is 5.72. The van der Waals surface area contributed by atoms with Gasteiger partial charge in [-0.15, -0.1) is 11.3 Å². The van der Waals surface area contributed by atoms with Gasteiger partial charge in [0, 0.05) is 22.5 Å².